The maximum absolute atomic E-state index is 5.87. The Morgan fingerprint density at radius 2 is 2.09 bits per heavy atom. The molecule has 2 N–H and O–H groups in total. The second-order valence-electron chi connectivity index (χ2n) is 5.71. The summed E-state index contributed by atoms with van der Waals surface area (Å²) in [7, 11) is 1.77. The van der Waals surface area contributed by atoms with Crippen molar-refractivity contribution in [3.05, 3.63) is 29.8 Å². The summed E-state index contributed by atoms with van der Waals surface area (Å²) in [4.78, 5) is 4.22. The van der Waals surface area contributed by atoms with Crippen molar-refractivity contribution < 1.29 is 9.47 Å². The van der Waals surface area contributed by atoms with E-state index in [9.17, 15) is 0 Å². The number of nitrogens with one attached hydrogen (secondary N) is 2. The van der Waals surface area contributed by atoms with E-state index in [0.29, 0.717) is 12.6 Å². The Kier molecular flexibility index (Phi) is 9.31. The predicted molar refractivity (Wildman–Crippen MR) is 105 cm³/mol. The number of aliphatic imine (C=N–C) groups is 1. The van der Waals surface area contributed by atoms with Gasteiger partial charge in [0.1, 0.15) is 11.9 Å². The Bertz CT molecular complexity index is 473. The third-order valence-corrected chi connectivity index (χ3v) is 3.66. The zero-order valence-corrected chi connectivity index (χ0v) is 16.5. The van der Waals surface area contributed by atoms with Gasteiger partial charge in [-0.15, -0.1) is 24.0 Å². The molecule has 0 bridgehead atoms. The largest absolute Gasteiger partial charge is 0.489 e. The number of guanidine groups is 1. The van der Waals surface area contributed by atoms with Crippen LogP contribution in [0.1, 0.15) is 25.3 Å². The zero-order chi connectivity index (χ0) is 15.8. The van der Waals surface area contributed by atoms with E-state index in [4.69, 9.17) is 9.47 Å². The highest BCUT2D eigenvalue weighted by Gasteiger charge is 2.15. The maximum atomic E-state index is 5.87. The molecule has 1 aliphatic heterocycles. The van der Waals surface area contributed by atoms with Crippen molar-refractivity contribution in [2.75, 3.05) is 26.7 Å². The minimum Gasteiger partial charge on any atom is -0.489 e. The molecule has 1 fully saturated rings. The smallest absolute Gasteiger partial charge is 0.191 e. The molecule has 0 radical (unpaired) electrons. The molecule has 130 valence electrons. The predicted octanol–water partition coefficient (Wildman–Crippen LogP) is 2.72. The molecule has 5 nitrogen and oxygen atoms in total. The molecule has 1 aliphatic rings. The number of aryl methyl sites for hydroxylation is 1. The van der Waals surface area contributed by atoms with Crippen LogP contribution in [0.4, 0.5) is 0 Å². The summed E-state index contributed by atoms with van der Waals surface area (Å²) in [5.41, 5.74) is 1.23. The molecule has 0 spiro atoms. The van der Waals surface area contributed by atoms with Gasteiger partial charge in [0.15, 0.2) is 5.96 Å². The van der Waals surface area contributed by atoms with E-state index in [1.54, 1.807) is 7.05 Å². The maximum Gasteiger partial charge on any atom is 0.191 e. The first kappa shape index (κ1) is 20.0. The summed E-state index contributed by atoms with van der Waals surface area (Å²) in [6.07, 6.45) is 2.64. The molecule has 2 rings (SSSR count). The summed E-state index contributed by atoms with van der Waals surface area (Å²) >= 11 is 0. The number of rotatable bonds is 6. The second kappa shape index (κ2) is 10.7. The van der Waals surface area contributed by atoms with Crippen molar-refractivity contribution in [1.82, 2.24) is 10.6 Å². The molecule has 0 saturated carbocycles. The van der Waals surface area contributed by atoms with Gasteiger partial charge in [0, 0.05) is 20.2 Å². The quantitative estimate of drug-likeness (QED) is 0.412. The van der Waals surface area contributed by atoms with Crippen LogP contribution in [0, 0.1) is 6.92 Å². The van der Waals surface area contributed by atoms with E-state index >= 15 is 0 Å². The van der Waals surface area contributed by atoms with Gasteiger partial charge in [-0.3, -0.25) is 4.99 Å². The fourth-order valence-corrected chi connectivity index (χ4v) is 2.37. The Morgan fingerprint density at radius 1 is 1.35 bits per heavy atom. The molecular weight excluding hydrogens is 405 g/mol. The molecule has 1 aromatic rings. The van der Waals surface area contributed by atoms with Crippen LogP contribution in [0.2, 0.25) is 0 Å². The van der Waals surface area contributed by atoms with E-state index in [1.165, 1.54) is 5.56 Å². The van der Waals surface area contributed by atoms with Crippen molar-refractivity contribution >= 4 is 29.9 Å². The molecule has 2 unspecified atom stereocenters. The SMILES string of the molecule is CN=C(NCC(C)Oc1ccc(C)cc1)NCC1CCCO1.I. The normalized spacial score (nSPS) is 18.9. The van der Waals surface area contributed by atoms with Gasteiger partial charge in [0.25, 0.3) is 0 Å². The van der Waals surface area contributed by atoms with Crippen LogP contribution in [0.3, 0.4) is 0 Å². The first-order chi connectivity index (χ1) is 10.7. The molecular formula is C17H28IN3O2. The van der Waals surface area contributed by atoms with Crippen LogP contribution in [0.25, 0.3) is 0 Å². The van der Waals surface area contributed by atoms with E-state index in [1.807, 2.05) is 19.1 Å². The first-order valence-corrected chi connectivity index (χ1v) is 7.97. The van der Waals surface area contributed by atoms with E-state index in [0.717, 1.165) is 37.7 Å². The molecule has 0 aromatic heterocycles. The lowest BCUT2D eigenvalue weighted by Gasteiger charge is -2.19. The molecule has 1 aromatic carbocycles. The second-order valence-corrected chi connectivity index (χ2v) is 5.71. The lowest BCUT2D eigenvalue weighted by molar-refractivity contribution is 0.113. The highest BCUT2D eigenvalue weighted by molar-refractivity contribution is 14.0. The fraction of sp³-hybridized carbons (Fsp3) is 0.588. The zero-order valence-electron chi connectivity index (χ0n) is 14.2. The van der Waals surface area contributed by atoms with Crippen molar-refractivity contribution in [2.45, 2.75) is 38.9 Å². The van der Waals surface area contributed by atoms with Gasteiger partial charge in [-0.05, 0) is 38.8 Å². The van der Waals surface area contributed by atoms with Crippen LogP contribution >= 0.6 is 24.0 Å². The number of hydrogen-bond donors (Lipinski definition) is 2. The van der Waals surface area contributed by atoms with Crippen molar-refractivity contribution in [1.29, 1.82) is 0 Å². The number of hydrogen-bond acceptors (Lipinski definition) is 3. The minimum atomic E-state index is 0. The fourth-order valence-electron chi connectivity index (χ4n) is 2.37. The van der Waals surface area contributed by atoms with Gasteiger partial charge in [0.2, 0.25) is 0 Å². The van der Waals surface area contributed by atoms with E-state index in [-0.39, 0.29) is 30.1 Å². The molecule has 0 aliphatic carbocycles. The number of benzene rings is 1. The summed E-state index contributed by atoms with van der Waals surface area (Å²) in [5, 5.41) is 6.58. The van der Waals surface area contributed by atoms with Crippen molar-refractivity contribution in [3.8, 4) is 5.75 Å². The standard InChI is InChI=1S/C17H27N3O2.HI/c1-13-6-8-15(9-7-13)22-14(2)11-19-17(18-3)20-12-16-5-4-10-21-16;/h6-9,14,16H,4-5,10-12H2,1-3H3,(H2,18,19,20);1H. The van der Waals surface area contributed by atoms with E-state index < -0.39 is 0 Å². The minimum absolute atomic E-state index is 0. The molecule has 23 heavy (non-hydrogen) atoms. The lowest BCUT2D eigenvalue weighted by Crippen LogP contribution is -2.44. The van der Waals surface area contributed by atoms with E-state index in [2.05, 4.69) is 34.7 Å². The van der Waals surface area contributed by atoms with Crippen LogP contribution in [0.15, 0.2) is 29.3 Å². The number of nitrogens with zero attached hydrogens (tertiary/aromatic N) is 1. The monoisotopic (exact) mass is 433 g/mol. The van der Waals surface area contributed by atoms with Crippen LogP contribution in [-0.2, 0) is 4.74 Å². The molecule has 1 saturated heterocycles. The Labute approximate surface area is 156 Å². The van der Waals surface area contributed by atoms with Crippen LogP contribution in [0.5, 0.6) is 5.75 Å². The summed E-state index contributed by atoms with van der Waals surface area (Å²) in [6.45, 7) is 6.48. The van der Waals surface area contributed by atoms with Crippen molar-refractivity contribution in [2.24, 2.45) is 4.99 Å². The third kappa shape index (κ3) is 7.39. The molecule has 0 amide bonds. The summed E-state index contributed by atoms with van der Waals surface area (Å²) in [5.74, 6) is 1.68. The summed E-state index contributed by atoms with van der Waals surface area (Å²) < 4.78 is 11.5. The average Bonchev–Trinajstić information content (AvgIpc) is 3.03. The highest BCUT2D eigenvalue weighted by atomic mass is 127. The van der Waals surface area contributed by atoms with Gasteiger partial charge in [-0.1, -0.05) is 17.7 Å². The average molecular weight is 433 g/mol. The van der Waals surface area contributed by atoms with Crippen LogP contribution in [-0.4, -0.2) is 44.9 Å². The van der Waals surface area contributed by atoms with Gasteiger partial charge >= 0.3 is 0 Å². The van der Waals surface area contributed by atoms with Gasteiger partial charge in [0.05, 0.1) is 12.6 Å². The number of halogens is 1. The topological polar surface area (TPSA) is 54.9 Å². The first-order valence-electron chi connectivity index (χ1n) is 7.97. The Hall–Kier alpha value is -1.02. The highest BCUT2D eigenvalue weighted by Crippen LogP contribution is 2.13. The van der Waals surface area contributed by atoms with Crippen LogP contribution < -0.4 is 15.4 Å². The molecule has 1 heterocycles. The lowest BCUT2D eigenvalue weighted by atomic mass is 10.2. The Balaban J connectivity index is 0.00000264. The molecule has 6 heteroatoms. The van der Waals surface area contributed by atoms with Gasteiger partial charge < -0.3 is 20.1 Å². The number of ether oxygens (including phenoxy) is 2. The van der Waals surface area contributed by atoms with Gasteiger partial charge in [-0.2, -0.15) is 0 Å². The third-order valence-electron chi connectivity index (χ3n) is 3.66. The van der Waals surface area contributed by atoms with Gasteiger partial charge in [-0.25, -0.2) is 0 Å². The van der Waals surface area contributed by atoms with Crippen molar-refractivity contribution in [3.63, 3.8) is 0 Å². The Morgan fingerprint density at radius 3 is 2.70 bits per heavy atom. The molecule has 2 atom stereocenters. The summed E-state index contributed by atoms with van der Waals surface area (Å²) in [6, 6.07) is 8.10.